The van der Waals surface area contributed by atoms with Crippen molar-refractivity contribution in [3.8, 4) is 0 Å². The minimum absolute atomic E-state index is 0.156. The summed E-state index contributed by atoms with van der Waals surface area (Å²) < 4.78 is 1.42. The lowest BCUT2D eigenvalue weighted by Crippen LogP contribution is -2.50. The Morgan fingerprint density at radius 3 is 1.45 bits per heavy atom. The molecular weight excluding hydrogens is 362 g/mol. The van der Waals surface area contributed by atoms with E-state index < -0.39 is 5.97 Å². The monoisotopic (exact) mass is 415 g/mol. The largest absolute Gasteiger partial charge is 0.550 e. The smallest absolute Gasteiger partial charge is 0.0786 e. The van der Waals surface area contributed by atoms with Crippen molar-refractivity contribution in [1.82, 2.24) is 0 Å². The van der Waals surface area contributed by atoms with Gasteiger partial charge in [0, 0.05) is 12.6 Å². The van der Waals surface area contributed by atoms with E-state index in [1.807, 2.05) is 0 Å². The van der Waals surface area contributed by atoms with Crippen LogP contribution < -0.4 is 5.11 Å². The van der Waals surface area contributed by atoms with E-state index in [1.165, 1.54) is 82.0 Å². The van der Waals surface area contributed by atoms with Crippen molar-refractivity contribution in [3.63, 3.8) is 0 Å². The lowest BCUT2D eigenvalue weighted by molar-refractivity contribution is -0.929. The summed E-state index contributed by atoms with van der Waals surface area (Å²) in [6.07, 6.45) is 14.6. The molecule has 0 aliphatic heterocycles. The number of carboxylic acids is 1. The van der Waals surface area contributed by atoms with Gasteiger partial charge in [-0.15, -0.1) is 0 Å². The van der Waals surface area contributed by atoms with Gasteiger partial charge in [0.25, 0.3) is 0 Å². The molecular formula is C25H53NO3. The number of carboxylic acid groups (broad SMARTS) is 1. The molecule has 0 radical (unpaired) electrons. The van der Waals surface area contributed by atoms with Crippen LogP contribution in [0.25, 0.3) is 0 Å². The highest BCUT2D eigenvalue weighted by atomic mass is 16.4. The van der Waals surface area contributed by atoms with Gasteiger partial charge < -0.3 is 19.5 Å². The van der Waals surface area contributed by atoms with Crippen molar-refractivity contribution < 1.29 is 19.5 Å². The molecule has 4 heteroatoms. The van der Waals surface area contributed by atoms with Crippen molar-refractivity contribution >= 4 is 5.97 Å². The Balaban J connectivity index is 0. The number of hydrogen-bond acceptors (Lipinski definition) is 3. The molecule has 176 valence electrons. The Hall–Kier alpha value is -0.610. The van der Waals surface area contributed by atoms with Gasteiger partial charge in [-0.3, -0.25) is 0 Å². The predicted octanol–water partition coefficient (Wildman–Crippen LogP) is 5.32. The van der Waals surface area contributed by atoms with Crippen molar-refractivity contribution in [2.24, 2.45) is 5.92 Å². The molecule has 0 aliphatic carbocycles. The number of quaternary nitrogens is 1. The Labute approximate surface area is 182 Å². The molecule has 0 fully saturated rings. The fourth-order valence-corrected chi connectivity index (χ4v) is 3.82. The molecule has 0 aromatic carbocycles. The summed E-state index contributed by atoms with van der Waals surface area (Å²) >= 11 is 0. The fourth-order valence-electron chi connectivity index (χ4n) is 3.82. The van der Waals surface area contributed by atoms with Crippen LogP contribution in [-0.2, 0) is 4.79 Å². The van der Waals surface area contributed by atoms with Crippen molar-refractivity contribution in [2.45, 2.75) is 118 Å². The topological polar surface area (TPSA) is 60.4 Å². The Kier molecular flexibility index (Phi) is 23.3. The van der Waals surface area contributed by atoms with Gasteiger partial charge in [0.2, 0.25) is 0 Å². The summed E-state index contributed by atoms with van der Waals surface area (Å²) in [5.74, 6) is -0.458. The van der Waals surface area contributed by atoms with Gasteiger partial charge in [-0.25, -0.2) is 0 Å². The number of aliphatic carboxylic acids is 1. The van der Waals surface area contributed by atoms with E-state index in [9.17, 15) is 9.90 Å². The molecule has 29 heavy (non-hydrogen) atoms. The summed E-state index contributed by atoms with van der Waals surface area (Å²) in [6, 6.07) is 0. The number of carbonyl (C=O) groups excluding carboxylic acids is 1. The fraction of sp³-hybridized carbons (Fsp3) is 0.960. The number of carbonyl (C=O) groups is 1. The Morgan fingerprint density at radius 2 is 1.14 bits per heavy atom. The first-order valence-corrected chi connectivity index (χ1v) is 12.6. The minimum atomic E-state index is -0.968. The Morgan fingerprint density at radius 1 is 0.759 bits per heavy atom. The molecule has 0 aromatic rings. The molecule has 0 heterocycles. The number of rotatable bonds is 19. The zero-order chi connectivity index (χ0) is 22.4. The van der Waals surface area contributed by atoms with Crippen molar-refractivity contribution in [3.05, 3.63) is 0 Å². The van der Waals surface area contributed by atoms with Gasteiger partial charge in [0.05, 0.1) is 26.2 Å². The van der Waals surface area contributed by atoms with Crippen LogP contribution in [0.4, 0.5) is 0 Å². The van der Waals surface area contributed by atoms with Crippen LogP contribution in [0.1, 0.15) is 118 Å². The second-order valence-corrected chi connectivity index (χ2v) is 8.89. The van der Waals surface area contributed by atoms with E-state index >= 15 is 0 Å². The molecule has 0 aromatic heterocycles. The van der Waals surface area contributed by atoms with Crippen molar-refractivity contribution in [2.75, 3.05) is 32.8 Å². The van der Waals surface area contributed by atoms with Gasteiger partial charge in [0.1, 0.15) is 0 Å². The molecule has 0 aliphatic rings. The summed E-state index contributed by atoms with van der Waals surface area (Å²) in [4.78, 5) is 10.0. The summed E-state index contributed by atoms with van der Waals surface area (Å²) in [5.41, 5.74) is 0. The second-order valence-electron chi connectivity index (χ2n) is 8.89. The average molecular weight is 416 g/mol. The first-order valence-electron chi connectivity index (χ1n) is 12.6. The molecule has 0 saturated heterocycles. The van der Waals surface area contributed by atoms with Crippen LogP contribution in [0, 0.1) is 5.92 Å². The van der Waals surface area contributed by atoms with Gasteiger partial charge >= 0.3 is 0 Å². The van der Waals surface area contributed by atoms with E-state index in [4.69, 9.17) is 5.11 Å². The van der Waals surface area contributed by atoms with Crippen molar-refractivity contribution in [1.29, 1.82) is 0 Å². The highest BCUT2D eigenvalue weighted by Crippen LogP contribution is 2.16. The molecule has 0 bridgehead atoms. The zero-order valence-electron chi connectivity index (χ0n) is 20.5. The summed E-state index contributed by atoms with van der Waals surface area (Å²) in [6.45, 7) is 17.3. The molecule has 4 nitrogen and oxygen atoms in total. The first-order chi connectivity index (χ1) is 13.9. The molecule has 1 unspecified atom stereocenters. The maximum absolute atomic E-state index is 10.0. The number of nitrogens with zero attached hydrogens (tertiary/aromatic N) is 1. The maximum Gasteiger partial charge on any atom is 0.0786 e. The normalized spacial score (nSPS) is 12.3. The molecule has 0 spiro atoms. The van der Waals surface area contributed by atoms with E-state index in [-0.39, 0.29) is 13.0 Å². The van der Waals surface area contributed by atoms with Crippen LogP contribution in [0.5, 0.6) is 0 Å². The van der Waals surface area contributed by atoms with Crippen LogP contribution in [0.15, 0.2) is 0 Å². The van der Waals surface area contributed by atoms with Gasteiger partial charge in [0.15, 0.2) is 0 Å². The SMILES string of the molecule is CC(CCCO)CCCC(=O)[O-].CCCC[N+](CCCC)(CCCC)CCCC. The van der Waals surface area contributed by atoms with Crippen LogP contribution in [-0.4, -0.2) is 48.3 Å². The predicted molar refractivity (Wildman–Crippen MR) is 124 cm³/mol. The van der Waals surface area contributed by atoms with Gasteiger partial charge in [-0.05, 0) is 57.3 Å². The quantitative estimate of drug-likeness (QED) is 0.290. The molecule has 1 atom stereocenters. The third-order valence-corrected chi connectivity index (χ3v) is 5.88. The number of aliphatic hydroxyl groups is 1. The number of aliphatic hydroxyl groups excluding tert-OH is 1. The van der Waals surface area contributed by atoms with E-state index in [0.717, 1.165) is 19.3 Å². The lowest BCUT2D eigenvalue weighted by Gasteiger charge is -2.39. The Bertz CT molecular complexity index is 309. The highest BCUT2D eigenvalue weighted by Gasteiger charge is 2.24. The van der Waals surface area contributed by atoms with E-state index in [0.29, 0.717) is 12.3 Å². The molecule has 0 rings (SSSR count). The maximum atomic E-state index is 10.0. The van der Waals surface area contributed by atoms with E-state index in [1.54, 1.807) is 0 Å². The zero-order valence-corrected chi connectivity index (χ0v) is 20.5. The average Bonchev–Trinajstić information content (AvgIpc) is 2.71. The van der Waals surface area contributed by atoms with Crippen LogP contribution >= 0.6 is 0 Å². The third-order valence-electron chi connectivity index (χ3n) is 5.88. The van der Waals surface area contributed by atoms with Crippen LogP contribution in [0.2, 0.25) is 0 Å². The first kappa shape index (κ1) is 30.6. The van der Waals surface area contributed by atoms with Crippen LogP contribution in [0.3, 0.4) is 0 Å². The van der Waals surface area contributed by atoms with E-state index in [2.05, 4.69) is 34.6 Å². The van der Waals surface area contributed by atoms with Gasteiger partial charge in [-0.1, -0.05) is 66.7 Å². The summed E-state index contributed by atoms with van der Waals surface area (Å²) in [7, 11) is 0. The second kappa shape index (κ2) is 22.1. The van der Waals surface area contributed by atoms with Gasteiger partial charge in [-0.2, -0.15) is 0 Å². The number of unbranched alkanes of at least 4 members (excludes halogenated alkanes) is 4. The third kappa shape index (κ3) is 20.4. The molecule has 0 amide bonds. The molecule has 1 N–H and O–H groups in total. The lowest BCUT2D eigenvalue weighted by atomic mass is 9.99. The summed E-state index contributed by atoms with van der Waals surface area (Å²) in [5, 5.41) is 18.6. The minimum Gasteiger partial charge on any atom is -0.550 e. The highest BCUT2D eigenvalue weighted by molar-refractivity contribution is 5.64. The standard InChI is InChI=1S/C16H36N.C9H18O3/c1-5-9-13-17(14-10-6-2,15-11-7-3)16-12-8-4;1-8(5-3-7-10)4-2-6-9(11)12/h5-16H2,1-4H3;8,10H,2-7H2,1H3,(H,11,12)/q+1;/p-1. The number of hydrogen-bond donors (Lipinski definition) is 1. The molecule has 0 saturated carbocycles.